The average molecular weight is 420 g/mol. The van der Waals surface area contributed by atoms with Gasteiger partial charge in [-0.25, -0.2) is 9.37 Å². The molecule has 0 aliphatic carbocycles. The molecule has 0 bridgehead atoms. The Bertz CT molecular complexity index is 1280. The Morgan fingerprint density at radius 1 is 1.03 bits per heavy atom. The Hall–Kier alpha value is -3.78. The molecule has 30 heavy (non-hydrogen) atoms. The monoisotopic (exact) mass is 420 g/mol. The molecule has 4 rings (SSSR count). The average Bonchev–Trinajstić information content (AvgIpc) is 3.05. The number of anilines is 3. The van der Waals surface area contributed by atoms with Crippen LogP contribution < -0.4 is 16.8 Å². The van der Waals surface area contributed by atoms with Crippen molar-refractivity contribution in [2.24, 2.45) is 0 Å². The number of nitrogens with zero attached hydrogens (tertiary/aromatic N) is 1. The Labute approximate surface area is 175 Å². The smallest absolute Gasteiger partial charge is 0.259 e. The number of ketones is 1. The Morgan fingerprint density at radius 2 is 1.70 bits per heavy atom. The third-order valence-corrected chi connectivity index (χ3v) is 5.82. The molecular weight excluding hydrogens is 403 g/mol. The van der Waals surface area contributed by atoms with Gasteiger partial charge in [0.1, 0.15) is 21.3 Å². The number of halogens is 1. The van der Waals surface area contributed by atoms with Crippen molar-refractivity contribution in [2.45, 2.75) is 6.92 Å². The Morgan fingerprint density at radius 3 is 2.37 bits per heavy atom. The molecule has 0 fully saturated rings. The minimum Gasteiger partial charge on any atom is -0.397 e. The molecule has 2 aromatic heterocycles. The van der Waals surface area contributed by atoms with Gasteiger partial charge in [0.2, 0.25) is 5.78 Å². The predicted molar refractivity (Wildman–Crippen MR) is 117 cm³/mol. The van der Waals surface area contributed by atoms with Crippen molar-refractivity contribution in [1.29, 1.82) is 0 Å². The summed E-state index contributed by atoms with van der Waals surface area (Å²) in [6.07, 6.45) is 0. The standard InChI is InChI=1S/C22H17FN4O2S/c1-11-15-17(24)19(18(28)12-7-9-13(23)10-8-12)30-22(15)27-20(25)16(11)21(29)26-14-5-3-2-4-6-14/h2-10H,24H2,1H3,(H2,25,27)(H,26,29). The van der Waals surface area contributed by atoms with Gasteiger partial charge in [0, 0.05) is 16.6 Å². The van der Waals surface area contributed by atoms with E-state index in [-0.39, 0.29) is 27.7 Å². The number of carbonyl (C=O) groups is 2. The highest BCUT2D eigenvalue weighted by molar-refractivity contribution is 7.21. The largest absolute Gasteiger partial charge is 0.397 e. The maximum Gasteiger partial charge on any atom is 0.259 e. The van der Waals surface area contributed by atoms with E-state index in [1.54, 1.807) is 31.2 Å². The van der Waals surface area contributed by atoms with Crippen LogP contribution in [0.5, 0.6) is 0 Å². The van der Waals surface area contributed by atoms with E-state index in [0.29, 0.717) is 27.0 Å². The molecule has 0 aliphatic heterocycles. The highest BCUT2D eigenvalue weighted by atomic mass is 32.1. The van der Waals surface area contributed by atoms with Gasteiger partial charge in [-0.3, -0.25) is 9.59 Å². The lowest BCUT2D eigenvalue weighted by Gasteiger charge is -2.11. The first kappa shape index (κ1) is 19.5. The SMILES string of the molecule is Cc1c(C(=O)Nc2ccccc2)c(N)nc2sc(C(=O)c3ccc(F)cc3)c(N)c12. The number of fused-ring (bicyclic) bond motifs is 1. The van der Waals surface area contributed by atoms with E-state index in [1.807, 2.05) is 6.07 Å². The molecule has 0 saturated heterocycles. The zero-order chi connectivity index (χ0) is 21.4. The molecule has 0 radical (unpaired) electrons. The topological polar surface area (TPSA) is 111 Å². The fourth-order valence-corrected chi connectivity index (χ4v) is 4.38. The number of nitrogen functional groups attached to an aromatic ring is 2. The van der Waals surface area contributed by atoms with Crippen molar-refractivity contribution in [1.82, 2.24) is 4.98 Å². The molecular formula is C22H17FN4O2S. The number of thiophene rings is 1. The normalized spacial score (nSPS) is 10.9. The van der Waals surface area contributed by atoms with Crippen molar-refractivity contribution in [3.8, 4) is 0 Å². The van der Waals surface area contributed by atoms with Crippen LogP contribution >= 0.6 is 11.3 Å². The molecule has 150 valence electrons. The van der Waals surface area contributed by atoms with E-state index in [1.165, 1.54) is 24.3 Å². The maximum absolute atomic E-state index is 13.2. The van der Waals surface area contributed by atoms with E-state index in [4.69, 9.17) is 11.5 Å². The molecule has 0 aliphatic rings. The number of carbonyl (C=O) groups excluding carboxylic acids is 2. The van der Waals surface area contributed by atoms with Gasteiger partial charge in [-0.05, 0) is 48.9 Å². The number of rotatable bonds is 4. The number of aryl methyl sites for hydroxylation is 1. The van der Waals surface area contributed by atoms with Crippen molar-refractivity contribution < 1.29 is 14.0 Å². The van der Waals surface area contributed by atoms with Crippen LogP contribution in [0.3, 0.4) is 0 Å². The van der Waals surface area contributed by atoms with E-state index >= 15 is 0 Å². The van der Waals surface area contributed by atoms with Crippen LogP contribution in [0.4, 0.5) is 21.6 Å². The molecule has 0 saturated carbocycles. The second-order valence-electron chi connectivity index (χ2n) is 6.68. The van der Waals surface area contributed by atoms with Gasteiger partial charge >= 0.3 is 0 Å². The summed E-state index contributed by atoms with van der Waals surface area (Å²) in [5.41, 5.74) is 14.3. The van der Waals surface area contributed by atoms with Gasteiger partial charge < -0.3 is 16.8 Å². The summed E-state index contributed by atoms with van der Waals surface area (Å²) in [4.78, 5) is 30.8. The lowest BCUT2D eigenvalue weighted by Crippen LogP contribution is -2.16. The highest BCUT2D eigenvalue weighted by Crippen LogP contribution is 2.38. The van der Waals surface area contributed by atoms with Crippen molar-refractivity contribution >= 4 is 50.4 Å². The fraction of sp³-hybridized carbons (Fsp3) is 0.0455. The highest BCUT2D eigenvalue weighted by Gasteiger charge is 2.24. The number of aromatic nitrogens is 1. The summed E-state index contributed by atoms with van der Waals surface area (Å²) in [7, 11) is 0. The molecule has 5 N–H and O–H groups in total. The summed E-state index contributed by atoms with van der Waals surface area (Å²) in [6, 6.07) is 14.2. The van der Waals surface area contributed by atoms with E-state index in [0.717, 1.165) is 11.3 Å². The number of benzene rings is 2. The number of pyridine rings is 1. The van der Waals surface area contributed by atoms with Crippen molar-refractivity contribution in [3.63, 3.8) is 0 Å². The number of hydrogen-bond acceptors (Lipinski definition) is 6. The van der Waals surface area contributed by atoms with Crippen molar-refractivity contribution in [3.05, 3.63) is 82.0 Å². The number of nitrogens with two attached hydrogens (primary N) is 2. The molecule has 4 aromatic rings. The first-order valence-corrected chi connectivity index (χ1v) is 9.83. The predicted octanol–water partition coefficient (Wildman–Crippen LogP) is 4.39. The molecule has 0 spiro atoms. The maximum atomic E-state index is 13.2. The zero-order valence-electron chi connectivity index (χ0n) is 15.9. The molecule has 8 heteroatoms. The summed E-state index contributed by atoms with van der Waals surface area (Å²) in [6.45, 7) is 1.72. The lowest BCUT2D eigenvalue weighted by atomic mass is 10.0. The van der Waals surface area contributed by atoms with Crippen LogP contribution in [0, 0.1) is 12.7 Å². The summed E-state index contributed by atoms with van der Waals surface area (Å²) >= 11 is 1.09. The molecule has 1 amide bonds. The zero-order valence-corrected chi connectivity index (χ0v) is 16.7. The van der Waals surface area contributed by atoms with Gasteiger partial charge in [0.05, 0.1) is 11.3 Å². The first-order chi connectivity index (χ1) is 14.4. The third kappa shape index (κ3) is 3.37. The van der Waals surface area contributed by atoms with Crippen LogP contribution in [-0.2, 0) is 0 Å². The van der Waals surface area contributed by atoms with Gasteiger partial charge in [-0.1, -0.05) is 18.2 Å². The molecule has 0 atom stereocenters. The van der Waals surface area contributed by atoms with Crippen LogP contribution in [-0.4, -0.2) is 16.7 Å². The van der Waals surface area contributed by atoms with E-state index < -0.39 is 11.7 Å². The molecule has 6 nitrogen and oxygen atoms in total. The van der Waals surface area contributed by atoms with E-state index in [2.05, 4.69) is 10.3 Å². The summed E-state index contributed by atoms with van der Waals surface area (Å²) in [5, 5.41) is 3.30. The quantitative estimate of drug-likeness (QED) is 0.424. The van der Waals surface area contributed by atoms with Gasteiger partial charge in [-0.15, -0.1) is 11.3 Å². The van der Waals surface area contributed by atoms with Crippen LogP contribution in [0.1, 0.15) is 31.2 Å². The fourth-order valence-electron chi connectivity index (χ4n) is 3.26. The molecule has 2 heterocycles. The van der Waals surface area contributed by atoms with Crippen molar-refractivity contribution in [2.75, 3.05) is 16.8 Å². The second kappa shape index (κ2) is 7.57. The Balaban J connectivity index is 1.78. The second-order valence-corrected chi connectivity index (χ2v) is 7.68. The van der Waals surface area contributed by atoms with Gasteiger partial charge in [-0.2, -0.15) is 0 Å². The minimum atomic E-state index is -0.435. The number of hydrogen-bond donors (Lipinski definition) is 3. The minimum absolute atomic E-state index is 0.0514. The van der Waals surface area contributed by atoms with Gasteiger partial charge in [0.25, 0.3) is 5.91 Å². The summed E-state index contributed by atoms with van der Waals surface area (Å²) < 4.78 is 13.2. The lowest BCUT2D eigenvalue weighted by molar-refractivity contribution is 0.102. The number of para-hydroxylation sites is 1. The summed E-state index contributed by atoms with van der Waals surface area (Å²) in [5.74, 6) is -1.14. The first-order valence-electron chi connectivity index (χ1n) is 9.01. The van der Waals surface area contributed by atoms with Crippen LogP contribution in [0.15, 0.2) is 54.6 Å². The molecule has 0 unspecified atom stereocenters. The molecule has 2 aromatic carbocycles. The third-order valence-electron chi connectivity index (χ3n) is 4.73. The Kier molecular flexibility index (Phi) is 4.93. The van der Waals surface area contributed by atoms with Crippen LogP contribution in [0.25, 0.3) is 10.2 Å². The number of amides is 1. The number of nitrogens with one attached hydrogen (secondary N) is 1. The van der Waals surface area contributed by atoms with Gasteiger partial charge in [0.15, 0.2) is 0 Å². The van der Waals surface area contributed by atoms with Crippen LogP contribution in [0.2, 0.25) is 0 Å². The van der Waals surface area contributed by atoms with E-state index in [9.17, 15) is 14.0 Å².